The monoisotopic (exact) mass is 340 g/mol. The lowest BCUT2D eigenvalue weighted by Gasteiger charge is -2.16. The van der Waals surface area contributed by atoms with Crippen molar-refractivity contribution in [2.24, 2.45) is 0 Å². The summed E-state index contributed by atoms with van der Waals surface area (Å²) in [4.78, 5) is 12.0. The van der Waals surface area contributed by atoms with Crippen LogP contribution in [-0.2, 0) is 14.8 Å². The van der Waals surface area contributed by atoms with Crippen LogP contribution in [0, 0.1) is 0 Å². The highest BCUT2D eigenvalue weighted by atomic mass is 32.2. The molecule has 1 aliphatic rings. The molecule has 0 spiro atoms. The minimum Gasteiger partial charge on any atom is -0.384 e. The van der Waals surface area contributed by atoms with E-state index in [1.54, 1.807) is 18.2 Å². The first-order chi connectivity index (χ1) is 10.8. The number of sulfonamides is 1. The molecule has 0 saturated heterocycles. The van der Waals surface area contributed by atoms with E-state index in [0.717, 1.165) is 18.5 Å². The Labute approximate surface area is 137 Å². The van der Waals surface area contributed by atoms with Crippen molar-refractivity contribution in [2.45, 2.75) is 30.7 Å². The fourth-order valence-corrected chi connectivity index (χ4v) is 3.00. The maximum absolute atomic E-state index is 12.2. The van der Waals surface area contributed by atoms with Crippen molar-refractivity contribution in [3.05, 3.63) is 18.2 Å². The van der Waals surface area contributed by atoms with Gasteiger partial charge in [-0.2, -0.15) is 0 Å². The number of amides is 1. The summed E-state index contributed by atoms with van der Waals surface area (Å²) in [5.41, 5.74) is 1.37. The van der Waals surface area contributed by atoms with Crippen molar-refractivity contribution < 1.29 is 13.2 Å². The summed E-state index contributed by atoms with van der Waals surface area (Å²) in [5.74, 6) is -0.0872. The SMILES string of the molecule is CCNc1ccc(S(=O)(=O)N(C)C)cc1NCC(=O)NC1CC1. The second kappa shape index (κ2) is 7.18. The van der Waals surface area contributed by atoms with Gasteiger partial charge in [-0.05, 0) is 38.0 Å². The zero-order chi connectivity index (χ0) is 17.0. The van der Waals surface area contributed by atoms with Crippen molar-refractivity contribution in [2.75, 3.05) is 37.8 Å². The number of hydrogen-bond donors (Lipinski definition) is 3. The summed E-state index contributed by atoms with van der Waals surface area (Å²) >= 11 is 0. The molecule has 0 aromatic heterocycles. The van der Waals surface area contributed by atoms with Gasteiger partial charge in [-0.15, -0.1) is 0 Å². The zero-order valence-electron chi connectivity index (χ0n) is 13.7. The summed E-state index contributed by atoms with van der Waals surface area (Å²) in [6.07, 6.45) is 2.07. The maximum atomic E-state index is 12.2. The Morgan fingerprint density at radius 3 is 2.48 bits per heavy atom. The highest BCUT2D eigenvalue weighted by Crippen LogP contribution is 2.26. The van der Waals surface area contributed by atoms with Crippen LogP contribution < -0.4 is 16.0 Å². The molecule has 128 valence electrons. The number of nitrogens with zero attached hydrogens (tertiary/aromatic N) is 1. The van der Waals surface area contributed by atoms with E-state index >= 15 is 0 Å². The Balaban J connectivity index is 2.17. The van der Waals surface area contributed by atoms with E-state index in [0.29, 0.717) is 18.3 Å². The predicted molar refractivity (Wildman–Crippen MR) is 91.1 cm³/mol. The minimum absolute atomic E-state index is 0.0872. The molecular formula is C15H24N4O3S. The first-order valence-corrected chi connectivity index (χ1v) is 9.12. The molecule has 1 aromatic carbocycles. The predicted octanol–water partition coefficient (Wildman–Crippen LogP) is 1.06. The minimum atomic E-state index is -3.51. The van der Waals surface area contributed by atoms with Crippen molar-refractivity contribution in [1.82, 2.24) is 9.62 Å². The molecule has 3 N–H and O–H groups in total. The Hall–Kier alpha value is -1.80. The Morgan fingerprint density at radius 2 is 1.91 bits per heavy atom. The molecule has 1 saturated carbocycles. The van der Waals surface area contributed by atoms with Crippen LogP contribution in [0.5, 0.6) is 0 Å². The molecular weight excluding hydrogens is 316 g/mol. The van der Waals surface area contributed by atoms with E-state index in [4.69, 9.17) is 0 Å². The van der Waals surface area contributed by atoms with Crippen LogP contribution in [0.25, 0.3) is 0 Å². The van der Waals surface area contributed by atoms with Crippen molar-refractivity contribution in [3.63, 3.8) is 0 Å². The van der Waals surface area contributed by atoms with Crippen LogP contribution in [-0.4, -0.2) is 51.9 Å². The van der Waals surface area contributed by atoms with E-state index in [1.165, 1.54) is 18.4 Å². The van der Waals surface area contributed by atoms with Gasteiger partial charge in [0.05, 0.1) is 22.8 Å². The van der Waals surface area contributed by atoms with Gasteiger partial charge in [0.25, 0.3) is 0 Å². The van der Waals surface area contributed by atoms with Gasteiger partial charge in [-0.25, -0.2) is 12.7 Å². The van der Waals surface area contributed by atoms with Gasteiger partial charge in [0, 0.05) is 26.7 Å². The number of carbonyl (C=O) groups is 1. The van der Waals surface area contributed by atoms with E-state index in [2.05, 4.69) is 16.0 Å². The van der Waals surface area contributed by atoms with Gasteiger partial charge < -0.3 is 16.0 Å². The molecule has 8 heteroatoms. The summed E-state index contributed by atoms with van der Waals surface area (Å²) in [7, 11) is -0.534. The molecule has 0 bridgehead atoms. The fraction of sp³-hybridized carbons (Fsp3) is 0.533. The number of nitrogens with one attached hydrogen (secondary N) is 3. The Morgan fingerprint density at radius 1 is 1.22 bits per heavy atom. The molecule has 1 aliphatic carbocycles. The van der Waals surface area contributed by atoms with Crippen LogP contribution in [0.1, 0.15) is 19.8 Å². The van der Waals surface area contributed by atoms with Gasteiger partial charge >= 0.3 is 0 Å². The second-order valence-corrected chi connectivity index (χ2v) is 7.87. The quantitative estimate of drug-likeness (QED) is 0.658. The first-order valence-electron chi connectivity index (χ1n) is 7.68. The third-order valence-corrected chi connectivity index (χ3v) is 5.33. The van der Waals surface area contributed by atoms with Gasteiger partial charge in [0.15, 0.2) is 0 Å². The highest BCUT2D eigenvalue weighted by Gasteiger charge is 2.23. The molecule has 2 rings (SSSR count). The van der Waals surface area contributed by atoms with E-state index in [1.807, 2.05) is 6.92 Å². The number of rotatable bonds is 8. The molecule has 0 radical (unpaired) electrons. The summed E-state index contributed by atoms with van der Waals surface area (Å²) in [6, 6.07) is 5.12. The molecule has 23 heavy (non-hydrogen) atoms. The molecule has 1 aromatic rings. The number of benzene rings is 1. The van der Waals surface area contributed by atoms with E-state index in [9.17, 15) is 13.2 Å². The maximum Gasteiger partial charge on any atom is 0.242 e. The van der Waals surface area contributed by atoms with Gasteiger partial charge in [0.2, 0.25) is 15.9 Å². The average Bonchev–Trinajstić information content (AvgIpc) is 3.30. The lowest BCUT2D eigenvalue weighted by Crippen LogP contribution is -2.31. The Bertz CT molecular complexity index is 669. The molecule has 7 nitrogen and oxygen atoms in total. The summed E-state index contributed by atoms with van der Waals surface area (Å²) < 4.78 is 25.7. The number of anilines is 2. The van der Waals surface area contributed by atoms with Crippen LogP contribution >= 0.6 is 0 Å². The first kappa shape index (κ1) is 17.6. The largest absolute Gasteiger partial charge is 0.384 e. The zero-order valence-corrected chi connectivity index (χ0v) is 14.5. The van der Waals surface area contributed by atoms with Crippen molar-refractivity contribution in [3.8, 4) is 0 Å². The second-order valence-electron chi connectivity index (χ2n) is 5.72. The molecule has 0 heterocycles. The molecule has 0 atom stereocenters. The van der Waals surface area contributed by atoms with Gasteiger partial charge in [-0.3, -0.25) is 4.79 Å². The fourth-order valence-electron chi connectivity index (χ4n) is 2.07. The number of carbonyl (C=O) groups excluding carboxylic acids is 1. The normalized spacial score (nSPS) is 14.6. The molecule has 0 aliphatic heterocycles. The molecule has 1 amide bonds. The third-order valence-electron chi connectivity index (χ3n) is 3.52. The van der Waals surface area contributed by atoms with Gasteiger partial charge in [-0.1, -0.05) is 0 Å². The average molecular weight is 340 g/mol. The third kappa shape index (κ3) is 4.59. The Kier molecular flexibility index (Phi) is 5.48. The van der Waals surface area contributed by atoms with Gasteiger partial charge in [0.1, 0.15) is 0 Å². The standard InChI is InChI=1S/C15H24N4O3S/c1-4-16-13-8-7-12(23(21,22)19(2)3)9-14(13)17-10-15(20)18-11-5-6-11/h7-9,11,16-17H,4-6,10H2,1-3H3,(H,18,20). The van der Waals surface area contributed by atoms with Crippen LogP contribution in [0.3, 0.4) is 0 Å². The summed E-state index contributed by atoms with van der Waals surface area (Å²) in [5, 5.41) is 9.07. The topological polar surface area (TPSA) is 90.5 Å². The van der Waals surface area contributed by atoms with Crippen molar-refractivity contribution >= 4 is 27.3 Å². The molecule has 0 unspecified atom stereocenters. The lowest BCUT2D eigenvalue weighted by atomic mass is 10.2. The highest BCUT2D eigenvalue weighted by molar-refractivity contribution is 7.89. The summed E-state index contributed by atoms with van der Waals surface area (Å²) in [6.45, 7) is 2.76. The van der Waals surface area contributed by atoms with Crippen LogP contribution in [0.4, 0.5) is 11.4 Å². The lowest BCUT2D eigenvalue weighted by molar-refractivity contribution is -0.119. The van der Waals surface area contributed by atoms with Crippen LogP contribution in [0.2, 0.25) is 0 Å². The van der Waals surface area contributed by atoms with E-state index in [-0.39, 0.29) is 17.3 Å². The smallest absolute Gasteiger partial charge is 0.242 e. The molecule has 1 fully saturated rings. The van der Waals surface area contributed by atoms with Crippen molar-refractivity contribution in [1.29, 1.82) is 0 Å². The number of hydrogen-bond acceptors (Lipinski definition) is 5. The van der Waals surface area contributed by atoms with Crippen LogP contribution in [0.15, 0.2) is 23.1 Å². The van der Waals surface area contributed by atoms with E-state index < -0.39 is 10.0 Å².